The predicted octanol–water partition coefficient (Wildman–Crippen LogP) is 0.664. The molecule has 0 bridgehead atoms. The van der Waals surface area contributed by atoms with Crippen LogP contribution in [0.2, 0.25) is 0 Å². The molecule has 1 saturated heterocycles. The van der Waals surface area contributed by atoms with Crippen molar-refractivity contribution >= 4 is 28.3 Å². The fourth-order valence-corrected chi connectivity index (χ4v) is 3.08. The van der Waals surface area contributed by atoms with E-state index in [9.17, 15) is 13.2 Å². The van der Waals surface area contributed by atoms with Gasteiger partial charge in [0.05, 0.1) is 4.90 Å². The molecule has 1 aromatic carbocycles. The third-order valence-corrected chi connectivity index (χ3v) is 4.68. The number of carbonyl (C=O) groups is 1. The van der Waals surface area contributed by atoms with Gasteiger partial charge in [-0.15, -0.1) is 19.0 Å². The number of carbonyl (C=O) groups excluding carboxylic acids is 1. The van der Waals surface area contributed by atoms with E-state index in [1.54, 1.807) is 0 Å². The smallest absolute Gasteiger partial charge is 0.251 e. The number of benzene rings is 1. The highest BCUT2D eigenvalue weighted by molar-refractivity contribution is 7.89. The fourth-order valence-electron chi connectivity index (χ4n) is 2.08. The highest BCUT2D eigenvalue weighted by Crippen LogP contribution is 2.11. The molecule has 0 spiro atoms. The van der Waals surface area contributed by atoms with Crippen molar-refractivity contribution in [3.63, 3.8) is 0 Å². The van der Waals surface area contributed by atoms with Crippen LogP contribution in [-0.4, -0.2) is 40.0 Å². The number of hydrogen-bond acceptors (Lipinski definition) is 4. The molecule has 1 unspecified atom stereocenters. The molecule has 6 nitrogen and oxygen atoms in total. The summed E-state index contributed by atoms with van der Waals surface area (Å²) in [5, 5.41) is 6.08. The Morgan fingerprint density at radius 1 is 1.36 bits per heavy atom. The van der Waals surface area contributed by atoms with E-state index in [0.717, 1.165) is 19.5 Å². The minimum Gasteiger partial charge on any atom is -0.348 e. The Labute approximate surface area is 136 Å². The van der Waals surface area contributed by atoms with Crippen molar-refractivity contribution in [3.05, 3.63) is 42.5 Å². The summed E-state index contributed by atoms with van der Waals surface area (Å²) in [6.07, 6.45) is 2.37. The van der Waals surface area contributed by atoms with Gasteiger partial charge in [-0.25, -0.2) is 13.1 Å². The number of sulfonamides is 1. The molecule has 1 aromatic rings. The predicted molar refractivity (Wildman–Crippen MR) is 87.8 cm³/mol. The molecular formula is C14H20ClN3O3S. The molecule has 0 aliphatic carbocycles. The Balaban J connectivity index is 0.00000242. The van der Waals surface area contributed by atoms with E-state index < -0.39 is 10.0 Å². The zero-order valence-electron chi connectivity index (χ0n) is 12.0. The van der Waals surface area contributed by atoms with Crippen LogP contribution in [0.15, 0.2) is 41.8 Å². The van der Waals surface area contributed by atoms with Crippen molar-refractivity contribution in [2.45, 2.75) is 17.4 Å². The zero-order chi connectivity index (χ0) is 15.3. The van der Waals surface area contributed by atoms with Gasteiger partial charge in [0, 0.05) is 24.7 Å². The monoisotopic (exact) mass is 345 g/mol. The van der Waals surface area contributed by atoms with E-state index in [2.05, 4.69) is 21.9 Å². The SMILES string of the molecule is C=CCNS(=O)(=O)c1ccc(C(=O)NC2CCNC2)cc1.Cl. The molecule has 1 aliphatic heterocycles. The summed E-state index contributed by atoms with van der Waals surface area (Å²) in [6, 6.07) is 6.01. The molecule has 0 saturated carbocycles. The summed E-state index contributed by atoms with van der Waals surface area (Å²) in [4.78, 5) is 12.1. The molecule has 1 heterocycles. The summed E-state index contributed by atoms with van der Waals surface area (Å²) in [5.41, 5.74) is 0.449. The topological polar surface area (TPSA) is 87.3 Å². The van der Waals surface area contributed by atoms with Gasteiger partial charge in [0.25, 0.3) is 5.91 Å². The Hall–Kier alpha value is -1.41. The maximum Gasteiger partial charge on any atom is 0.251 e. The number of amides is 1. The van der Waals surface area contributed by atoms with E-state index >= 15 is 0 Å². The van der Waals surface area contributed by atoms with Crippen LogP contribution in [0, 0.1) is 0 Å². The molecule has 22 heavy (non-hydrogen) atoms. The Bertz CT molecular complexity index is 611. The standard InChI is InChI=1S/C14H19N3O3S.ClH/c1-2-8-16-21(19,20)13-5-3-11(4-6-13)14(18)17-12-7-9-15-10-12;/h2-6,12,15-16H,1,7-10H2,(H,17,18);1H. The first kappa shape index (κ1) is 18.6. The molecule has 1 fully saturated rings. The minimum absolute atomic E-state index is 0. The van der Waals surface area contributed by atoms with Gasteiger partial charge in [-0.3, -0.25) is 4.79 Å². The highest BCUT2D eigenvalue weighted by Gasteiger charge is 2.18. The summed E-state index contributed by atoms with van der Waals surface area (Å²) in [7, 11) is -3.55. The second kappa shape index (κ2) is 8.28. The summed E-state index contributed by atoms with van der Waals surface area (Å²) in [6.45, 7) is 5.29. The first-order valence-corrected chi connectivity index (χ1v) is 8.23. The average molecular weight is 346 g/mol. The molecule has 1 aliphatic rings. The summed E-state index contributed by atoms with van der Waals surface area (Å²) in [5.74, 6) is -0.188. The summed E-state index contributed by atoms with van der Waals surface area (Å²) >= 11 is 0. The first-order valence-electron chi connectivity index (χ1n) is 6.75. The van der Waals surface area contributed by atoms with Crippen molar-refractivity contribution in [2.24, 2.45) is 0 Å². The van der Waals surface area contributed by atoms with Crippen molar-refractivity contribution in [1.29, 1.82) is 0 Å². The molecule has 0 radical (unpaired) electrons. The van der Waals surface area contributed by atoms with Gasteiger partial charge in [0.1, 0.15) is 0 Å². The van der Waals surface area contributed by atoms with Crippen molar-refractivity contribution in [1.82, 2.24) is 15.4 Å². The molecular weight excluding hydrogens is 326 g/mol. The Kier molecular flexibility index (Phi) is 7.02. The number of halogens is 1. The maximum absolute atomic E-state index is 12.0. The largest absolute Gasteiger partial charge is 0.348 e. The number of hydrogen-bond donors (Lipinski definition) is 3. The lowest BCUT2D eigenvalue weighted by molar-refractivity contribution is 0.0940. The van der Waals surface area contributed by atoms with Crippen LogP contribution in [0.1, 0.15) is 16.8 Å². The van der Waals surface area contributed by atoms with Crippen LogP contribution in [0.25, 0.3) is 0 Å². The second-order valence-electron chi connectivity index (χ2n) is 4.83. The van der Waals surface area contributed by atoms with Gasteiger partial charge in [-0.1, -0.05) is 6.08 Å². The Morgan fingerprint density at radius 2 is 2.05 bits per heavy atom. The van der Waals surface area contributed by atoms with Crippen molar-refractivity contribution in [2.75, 3.05) is 19.6 Å². The average Bonchev–Trinajstić information content (AvgIpc) is 2.98. The normalized spacial score (nSPS) is 17.5. The lowest BCUT2D eigenvalue weighted by Crippen LogP contribution is -2.36. The maximum atomic E-state index is 12.0. The van der Waals surface area contributed by atoms with Crippen LogP contribution in [0.4, 0.5) is 0 Å². The highest BCUT2D eigenvalue weighted by atomic mass is 35.5. The molecule has 0 aromatic heterocycles. The quantitative estimate of drug-likeness (QED) is 0.661. The molecule has 8 heteroatoms. The van der Waals surface area contributed by atoms with Gasteiger partial charge in [0.15, 0.2) is 0 Å². The van der Waals surface area contributed by atoms with E-state index in [1.807, 2.05) is 0 Å². The van der Waals surface area contributed by atoms with Gasteiger partial charge in [0.2, 0.25) is 10.0 Å². The number of rotatable bonds is 6. The molecule has 3 N–H and O–H groups in total. The zero-order valence-corrected chi connectivity index (χ0v) is 13.7. The van der Waals surface area contributed by atoms with Crippen LogP contribution < -0.4 is 15.4 Å². The first-order chi connectivity index (χ1) is 10.0. The van der Waals surface area contributed by atoms with E-state index in [4.69, 9.17) is 0 Å². The Morgan fingerprint density at radius 3 is 2.59 bits per heavy atom. The van der Waals surface area contributed by atoms with Crippen LogP contribution in [0.5, 0.6) is 0 Å². The molecule has 1 atom stereocenters. The lowest BCUT2D eigenvalue weighted by Gasteiger charge is -2.11. The van der Waals surface area contributed by atoms with Crippen LogP contribution in [0.3, 0.4) is 0 Å². The van der Waals surface area contributed by atoms with Gasteiger partial charge in [-0.2, -0.15) is 0 Å². The minimum atomic E-state index is -3.55. The van der Waals surface area contributed by atoms with Crippen LogP contribution >= 0.6 is 12.4 Å². The van der Waals surface area contributed by atoms with Gasteiger partial charge >= 0.3 is 0 Å². The fraction of sp³-hybridized carbons (Fsp3) is 0.357. The third-order valence-electron chi connectivity index (χ3n) is 3.24. The lowest BCUT2D eigenvalue weighted by atomic mass is 10.2. The van der Waals surface area contributed by atoms with Gasteiger partial charge < -0.3 is 10.6 Å². The van der Waals surface area contributed by atoms with E-state index in [-0.39, 0.29) is 35.8 Å². The second-order valence-corrected chi connectivity index (χ2v) is 6.60. The number of nitrogens with one attached hydrogen (secondary N) is 3. The van der Waals surface area contributed by atoms with Crippen LogP contribution in [-0.2, 0) is 10.0 Å². The van der Waals surface area contributed by atoms with Gasteiger partial charge in [-0.05, 0) is 37.2 Å². The van der Waals surface area contributed by atoms with Crippen molar-refractivity contribution < 1.29 is 13.2 Å². The van der Waals surface area contributed by atoms with Crippen molar-refractivity contribution in [3.8, 4) is 0 Å². The third kappa shape index (κ3) is 4.81. The van der Waals surface area contributed by atoms with E-state index in [1.165, 1.54) is 30.3 Å². The summed E-state index contributed by atoms with van der Waals surface area (Å²) < 4.78 is 26.1. The van der Waals surface area contributed by atoms with E-state index in [0.29, 0.717) is 5.56 Å². The molecule has 1 amide bonds. The molecule has 2 rings (SSSR count). The molecule has 122 valence electrons.